The summed E-state index contributed by atoms with van der Waals surface area (Å²) in [4.78, 5) is 22.6. The normalized spacial score (nSPS) is 13.8. The molecule has 0 saturated carbocycles. The van der Waals surface area contributed by atoms with E-state index in [0.717, 1.165) is 64.2 Å². The van der Waals surface area contributed by atoms with Crippen LogP contribution in [-0.4, -0.2) is 49.9 Å². The molecule has 0 bridgehead atoms. The van der Waals surface area contributed by atoms with E-state index in [1.807, 2.05) is 0 Å². The van der Waals surface area contributed by atoms with Crippen molar-refractivity contribution in [3.05, 3.63) is 60.8 Å². The highest BCUT2D eigenvalue weighted by Gasteiger charge is 2.25. The van der Waals surface area contributed by atoms with E-state index in [-0.39, 0.29) is 32.3 Å². The number of carbonyl (C=O) groups excluding carboxylic acids is 1. The fourth-order valence-corrected chi connectivity index (χ4v) is 7.93. The number of rotatable bonds is 49. The second-order valence-corrected chi connectivity index (χ2v) is 18.5. The Labute approximate surface area is 383 Å². The van der Waals surface area contributed by atoms with Gasteiger partial charge in [0.15, 0.2) is 0 Å². The van der Waals surface area contributed by atoms with Crippen molar-refractivity contribution in [2.24, 2.45) is 5.73 Å². The van der Waals surface area contributed by atoms with Crippen LogP contribution in [0.15, 0.2) is 60.8 Å². The molecule has 2 unspecified atom stereocenters. The third-order valence-corrected chi connectivity index (χ3v) is 11.9. The Balaban J connectivity index is 3.96. The molecular formula is C53H98NO7P. The molecule has 0 aromatic heterocycles. The highest BCUT2D eigenvalue weighted by molar-refractivity contribution is 7.47. The fourth-order valence-electron chi connectivity index (χ4n) is 7.16. The summed E-state index contributed by atoms with van der Waals surface area (Å²) in [5.74, 6) is -0.338. The van der Waals surface area contributed by atoms with Crippen molar-refractivity contribution in [2.75, 3.05) is 33.0 Å². The van der Waals surface area contributed by atoms with E-state index in [9.17, 15) is 14.3 Å². The van der Waals surface area contributed by atoms with Gasteiger partial charge >= 0.3 is 13.8 Å². The number of phosphoric acid groups is 1. The molecule has 8 nitrogen and oxygen atoms in total. The monoisotopic (exact) mass is 892 g/mol. The molecule has 0 aliphatic rings. The maximum absolute atomic E-state index is 12.7. The zero-order valence-corrected chi connectivity index (χ0v) is 41.2. The Hall–Kier alpha value is -1.80. The maximum Gasteiger partial charge on any atom is 0.472 e. The molecule has 0 aliphatic heterocycles. The van der Waals surface area contributed by atoms with Crippen LogP contribution in [0.1, 0.15) is 232 Å². The van der Waals surface area contributed by atoms with E-state index in [0.29, 0.717) is 13.0 Å². The lowest BCUT2D eigenvalue weighted by atomic mass is 10.1. The first-order valence-corrected chi connectivity index (χ1v) is 27.3. The summed E-state index contributed by atoms with van der Waals surface area (Å²) < 4.78 is 33.6. The highest BCUT2D eigenvalue weighted by atomic mass is 31.2. The van der Waals surface area contributed by atoms with Crippen LogP contribution >= 0.6 is 7.82 Å². The molecule has 0 aromatic carbocycles. The molecule has 2 atom stereocenters. The minimum atomic E-state index is -4.29. The van der Waals surface area contributed by atoms with Crippen molar-refractivity contribution >= 4 is 13.8 Å². The van der Waals surface area contributed by atoms with Gasteiger partial charge in [-0.05, 0) is 77.0 Å². The second kappa shape index (κ2) is 50.2. The number of hydrogen-bond acceptors (Lipinski definition) is 7. The van der Waals surface area contributed by atoms with Crippen molar-refractivity contribution < 1.29 is 32.8 Å². The van der Waals surface area contributed by atoms with Crippen molar-refractivity contribution in [1.29, 1.82) is 0 Å². The van der Waals surface area contributed by atoms with Gasteiger partial charge in [0.25, 0.3) is 0 Å². The topological polar surface area (TPSA) is 117 Å². The molecule has 0 spiro atoms. The standard InChI is InChI=1S/C53H98NO7P/c1-3-5-7-9-11-13-15-17-19-21-23-25-27-29-31-33-35-37-39-41-43-45-48-58-50-52(51-60-62(56,57)59-49-47-54)61-53(55)46-44-42-40-38-36-34-32-30-28-26-24-22-20-18-16-14-12-10-8-6-4-2/h6,8,12,14,18,20-21,23-24,26,52H,3-5,7,9-11,13,15-17,19,22,25,27-51,54H2,1-2H3,(H,56,57)/b8-6-,14-12-,20-18-,23-21-,26-24-. The van der Waals surface area contributed by atoms with Gasteiger partial charge in [0.2, 0.25) is 0 Å². The first kappa shape index (κ1) is 60.2. The number of unbranched alkanes of at least 4 members (excludes halogenated alkanes) is 26. The van der Waals surface area contributed by atoms with Crippen LogP contribution in [0.5, 0.6) is 0 Å². The van der Waals surface area contributed by atoms with Crippen LogP contribution < -0.4 is 5.73 Å². The summed E-state index contributed by atoms with van der Waals surface area (Å²) >= 11 is 0. The molecule has 0 aromatic rings. The zero-order valence-electron chi connectivity index (χ0n) is 40.3. The third-order valence-electron chi connectivity index (χ3n) is 10.9. The summed E-state index contributed by atoms with van der Waals surface area (Å²) in [6, 6.07) is 0. The van der Waals surface area contributed by atoms with Crippen LogP contribution in [0.4, 0.5) is 0 Å². The number of ether oxygens (including phenoxy) is 2. The Morgan fingerprint density at radius 3 is 1.37 bits per heavy atom. The smallest absolute Gasteiger partial charge is 0.457 e. The fraction of sp³-hybridized carbons (Fsp3) is 0.792. The van der Waals surface area contributed by atoms with E-state index in [1.54, 1.807) is 0 Å². The summed E-state index contributed by atoms with van der Waals surface area (Å²) in [5, 5.41) is 0. The zero-order chi connectivity index (χ0) is 45.1. The molecule has 0 rings (SSSR count). The molecule has 0 saturated heterocycles. The largest absolute Gasteiger partial charge is 0.472 e. The Morgan fingerprint density at radius 1 is 0.500 bits per heavy atom. The Kier molecular flexibility index (Phi) is 48.7. The molecule has 362 valence electrons. The minimum absolute atomic E-state index is 0.0969. The third kappa shape index (κ3) is 49.2. The quantitative estimate of drug-likeness (QED) is 0.0268. The number of esters is 1. The molecule has 0 radical (unpaired) electrons. The highest BCUT2D eigenvalue weighted by Crippen LogP contribution is 2.43. The van der Waals surface area contributed by atoms with E-state index < -0.39 is 13.9 Å². The second-order valence-electron chi connectivity index (χ2n) is 17.0. The van der Waals surface area contributed by atoms with Gasteiger partial charge in [-0.15, -0.1) is 0 Å². The summed E-state index contributed by atoms with van der Waals surface area (Å²) in [7, 11) is -4.29. The van der Waals surface area contributed by atoms with Gasteiger partial charge in [0, 0.05) is 19.6 Å². The maximum atomic E-state index is 12.7. The van der Waals surface area contributed by atoms with Crippen molar-refractivity contribution in [1.82, 2.24) is 0 Å². The van der Waals surface area contributed by atoms with Gasteiger partial charge in [0.05, 0.1) is 19.8 Å². The van der Waals surface area contributed by atoms with Crippen molar-refractivity contribution in [3.63, 3.8) is 0 Å². The number of nitrogens with two attached hydrogens (primary N) is 1. The van der Waals surface area contributed by atoms with E-state index in [1.165, 1.54) is 148 Å². The molecular weight excluding hydrogens is 794 g/mol. The van der Waals surface area contributed by atoms with Gasteiger partial charge < -0.3 is 20.1 Å². The lowest BCUT2D eigenvalue weighted by Crippen LogP contribution is -2.28. The Morgan fingerprint density at radius 2 is 0.903 bits per heavy atom. The molecule has 9 heteroatoms. The molecule has 62 heavy (non-hydrogen) atoms. The molecule has 0 amide bonds. The molecule has 0 fully saturated rings. The predicted molar refractivity (Wildman–Crippen MR) is 266 cm³/mol. The number of carbonyl (C=O) groups is 1. The molecule has 0 aliphatic carbocycles. The van der Waals surface area contributed by atoms with Gasteiger partial charge in [-0.25, -0.2) is 4.57 Å². The van der Waals surface area contributed by atoms with Crippen LogP contribution in [0, 0.1) is 0 Å². The van der Waals surface area contributed by atoms with Crippen LogP contribution in [0.25, 0.3) is 0 Å². The van der Waals surface area contributed by atoms with Crippen LogP contribution in [0.3, 0.4) is 0 Å². The first-order chi connectivity index (χ1) is 30.4. The van der Waals surface area contributed by atoms with E-state index in [4.69, 9.17) is 24.3 Å². The Bertz CT molecular complexity index is 1140. The van der Waals surface area contributed by atoms with Crippen molar-refractivity contribution in [3.8, 4) is 0 Å². The van der Waals surface area contributed by atoms with Crippen molar-refractivity contribution in [2.45, 2.75) is 238 Å². The van der Waals surface area contributed by atoms with Gasteiger partial charge in [-0.2, -0.15) is 0 Å². The average molecular weight is 892 g/mol. The average Bonchev–Trinajstić information content (AvgIpc) is 3.26. The predicted octanol–water partition coefficient (Wildman–Crippen LogP) is 16.1. The summed E-state index contributed by atoms with van der Waals surface area (Å²) in [6.07, 6.45) is 62.5. The lowest BCUT2D eigenvalue weighted by molar-refractivity contribution is -0.154. The number of hydrogen-bond donors (Lipinski definition) is 2. The van der Waals surface area contributed by atoms with Gasteiger partial charge in [-0.1, -0.05) is 209 Å². The molecule has 0 heterocycles. The van der Waals surface area contributed by atoms with Gasteiger partial charge in [0.1, 0.15) is 6.10 Å². The minimum Gasteiger partial charge on any atom is -0.457 e. The van der Waals surface area contributed by atoms with Gasteiger partial charge in [-0.3, -0.25) is 13.8 Å². The van der Waals surface area contributed by atoms with Crippen LogP contribution in [-0.2, 0) is 27.9 Å². The van der Waals surface area contributed by atoms with E-state index in [2.05, 4.69) is 74.6 Å². The number of phosphoric ester groups is 1. The lowest BCUT2D eigenvalue weighted by Gasteiger charge is -2.20. The SMILES string of the molecule is CC/C=C\C/C=C\C/C=C\C/C=C\CCCCCCCCCCC(=O)OC(COCCCCCCCCCCCC/C=C\CCCCCCCCCC)COP(=O)(O)OCCN. The summed E-state index contributed by atoms with van der Waals surface area (Å²) in [5.41, 5.74) is 5.39. The summed E-state index contributed by atoms with van der Waals surface area (Å²) in [6.45, 7) is 4.82. The van der Waals surface area contributed by atoms with E-state index >= 15 is 0 Å². The first-order valence-electron chi connectivity index (χ1n) is 25.8. The van der Waals surface area contributed by atoms with Crippen LogP contribution in [0.2, 0.25) is 0 Å². The number of allylic oxidation sites excluding steroid dienone is 10. The molecule has 3 N–H and O–H groups in total.